The summed E-state index contributed by atoms with van der Waals surface area (Å²) >= 11 is 0. The van der Waals surface area contributed by atoms with E-state index in [1.54, 1.807) is 9.58 Å². The van der Waals surface area contributed by atoms with E-state index in [0.717, 1.165) is 16.8 Å². The molecule has 0 bridgehead atoms. The van der Waals surface area contributed by atoms with Crippen LogP contribution in [0.5, 0.6) is 0 Å². The van der Waals surface area contributed by atoms with Gasteiger partial charge < -0.3 is 15.0 Å². The number of hydrogen-bond acceptors (Lipinski definition) is 5. The molecule has 3 heterocycles. The molecular weight excluding hydrogens is 358 g/mol. The van der Waals surface area contributed by atoms with Gasteiger partial charge >= 0.3 is 6.09 Å². The van der Waals surface area contributed by atoms with Crippen LogP contribution in [0, 0.1) is 13.8 Å². The third-order valence-electron chi connectivity index (χ3n) is 4.82. The lowest BCUT2D eigenvalue weighted by Gasteiger charge is -2.33. The maximum atomic E-state index is 13.0. The minimum atomic E-state index is -0.506. The van der Waals surface area contributed by atoms with Gasteiger partial charge in [-0.3, -0.25) is 9.48 Å². The molecule has 8 nitrogen and oxygen atoms in total. The zero-order chi connectivity index (χ0) is 20.6. The van der Waals surface area contributed by atoms with Crippen molar-refractivity contribution in [1.29, 1.82) is 0 Å². The number of rotatable bonds is 2. The fraction of sp³-hybridized carbons (Fsp3) is 0.600. The topological polar surface area (TPSA) is 89.4 Å². The maximum Gasteiger partial charge on any atom is 0.410 e. The molecule has 1 saturated heterocycles. The van der Waals surface area contributed by atoms with Crippen LogP contribution in [0.1, 0.15) is 55.4 Å². The average molecular weight is 387 g/mol. The fourth-order valence-corrected chi connectivity index (χ4v) is 3.55. The molecule has 3 rings (SSSR count). The first kappa shape index (κ1) is 20.1. The summed E-state index contributed by atoms with van der Waals surface area (Å²) in [5.41, 5.74) is 2.37. The Bertz CT molecular complexity index is 905. The number of carbonyl (C=O) groups excluding carboxylic acids is 2. The van der Waals surface area contributed by atoms with Crippen LogP contribution >= 0.6 is 0 Å². The molecule has 28 heavy (non-hydrogen) atoms. The molecule has 8 heteroatoms. The number of amides is 2. The summed E-state index contributed by atoms with van der Waals surface area (Å²) in [6, 6.07) is 1.83. The molecule has 0 spiro atoms. The Morgan fingerprint density at radius 1 is 1.21 bits per heavy atom. The van der Waals surface area contributed by atoms with E-state index in [2.05, 4.69) is 15.4 Å². The van der Waals surface area contributed by atoms with Gasteiger partial charge in [-0.2, -0.15) is 5.10 Å². The van der Waals surface area contributed by atoms with Crippen molar-refractivity contribution in [1.82, 2.24) is 25.0 Å². The minimum absolute atomic E-state index is 0.0201. The number of fused-ring (bicyclic) bond motifs is 1. The first-order chi connectivity index (χ1) is 13.0. The van der Waals surface area contributed by atoms with Crippen LogP contribution in [0.2, 0.25) is 0 Å². The number of aryl methyl sites for hydroxylation is 3. The predicted molar refractivity (Wildman–Crippen MR) is 106 cm³/mol. The third-order valence-corrected chi connectivity index (χ3v) is 4.82. The molecular formula is C20H29N5O3. The highest BCUT2D eigenvalue weighted by Gasteiger charge is 2.28. The summed E-state index contributed by atoms with van der Waals surface area (Å²) in [4.78, 5) is 31.4. The van der Waals surface area contributed by atoms with Crippen molar-refractivity contribution < 1.29 is 14.3 Å². The molecule has 1 fully saturated rings. The number of hydrogen-bond donors (Lipinski definition) is 1. The standard InChI is InChI=1S/C20H29N5O3/c1-12-11-15(16-13(2)23-24(6)17(16)21-12)18(26)22-14-7-9-25(10-8-14)19(27)28-20(3,4)5/h11,14H,7-10H2,1-6H3,(H,22,26). The van der Waals surface area contributed by atoms with Crippen LogP contribution in [-0.4, -0.2) is 56.4 Å². The lowest BCUT2D eigenvalue weighted by atomic mass is 10.0. The quantitative estimate of drug-likeness (QED) is 0.856. The summed E-state index contributed by atoms with van der Waals surface area (Å²) in [6.07, 6.45) is 1.10. The second-order valence-corrected chi connectivity index (χ2v) is 8.43. The van der Waals surface area contributed by atoms with E-state index in [0.29, 0.717) is 37.1 Å². The molecule has 2 aromatic heterocycles. The summed E-state index contributed by atoms with van der Waals surface area (Å²) in [6.45, 7) is 10.5. The van der Waals surface area contributed by atoms with Gasteiger partial charge in [-0.15, -0.1) is 0 Å². The number of nitrogens with one attached hydrogen (secondary N) is 1. The van der Waals surface area contributed by atoms with Crippen LogP contribution < -0.4 is 5.32 Å². The number of carbonyl (C=O) groups is 2. The van der Waals surface area contributed by atoms with Crippen LogP contribution in [-0.2, 0) is 11.8 Å². The van der Waals surface area contributed by atoms with Crippen LogP contribution in [0.3, 0.4) is 0 Å². The summed E-state index contributed by atoms with van der Waals surface area (Å²) in [5, 5.41) is 8.30. The molecule has 152 valence electrons. The van der Waals surface area contributed by atoms with Crippen molar-refractivity contribution in [2.75, 3.05) is 13.1 Å². The number of aromatic nitrogens is 3. The van der Waals surface area contributed by atoms with Gasteiger partial charge in [-0.25, -0.2) is 9.78 Å². The molecule has 2 aromatic rings. The Morgan fingerprint density at radius 2 is 1.86 bits per heavy atom. The minimum Gasteiger partial charge on any atom is -0.444 e. The van der Waals surface area contributed by atoms with Crippen LogP contribution in [0.25, 0.3) is 11.0 Å². The highest BCUT2D eigenvalue weighted by molar-refractivity contribution is 6.06. The highest BCUT2D eigenvalue weighted by Crippen LogP contribution is 2.22. The number of nitrogens with zero attached hydrogens (tertiary/aromatic N) is 4. The van der Waals surface area contributed by atoms with Crippen molar-refractivity contribution in [2.45, 2.75) is 59.1 Å². The molecule has 0 atom stereocenters. The van der Waals surface area contributed by atoms with Gasteiger partial charge in [0.2, 0.25) is 0 Å². The lowest BCUT2D eigenvalue weighted by Crippen LogP contribution is -2.47. The number of pyridine rings is 1. The largest absolute Gasteiger partial charge is 0.444 e. The molecule has 0 aliphatic carbocycles. The Labute approximate surface area is 165 Å². The van der Waals surface area contributed by atoms with Gasteiger partial charge in [-0.05, 0) is 53.5 Å². The molecule has 1 aliphatic rings. The Morgan fingerprint density at radius 3 is 2.46 bits per heavy atom. The zero-order valence-corrected chi connectivity index (χ0v) is 17.5. The molecule has 0 saturated carbocycles. The van der Waals surface area contributed by atoms with Gasteiger partial charge in [0, 0.05) is 31.9 Å². The van der Waals surface area contributed by atoms with Gasteiger partial charge in [0.05, 0.1) is 16.6 Å². The lowest BCUT2D eigenvalue weighted by molar-refractivity contribution is 0.0199. The smallest absolute Gasteiger partial charge is 0.410 e. The Hall–Kier alpha value is -2.64. The SMILES string of the molecule is Cc1cc(C(=O)NC2CCN(C(=O)OC(C)(C)C)CC2)c2c(C)nn(C)c2n1. The van der Waals surface area contributed by atoms with Gasteiger partial charge in [0.1, 0.15) is 5.60 Å². The summed E-state index contributed by atoms with van der Waals surface area (Å²) < 4.78 is 7.13. The van der Waals surface area contributed by atoms with Crippen LogP contribution in [0.15, 0.2) is 6.07 Å². The monoisotopic (exact) mass is 387 g/mol. The fourth-order valence-electron chi connectivity index (χ4n) is 3.55. The first-order valence-electron chi connectivity index (χ1n) is 9.65. The number of piperidine rings is 1. The molecule has 2 amide bonds. The van der Waals surface area contributed by atoms with Crippen LogP contribution in [0.4, 0.5) is 4.79 Å². The van der Waals surface area contributed by atoms with Gasteiger partial charge in [0.15, 0.2) is 5.65 Å². The van der Waals surface area contributed by atoms with Crippen molar-refractivity contribution in [3.63, 3.8) is 0 Å². The van der Waals surface area contributed by atoms with E-state index in [1.807, 2.05) is 47.7 Å². The molecule has 0 radical (unpaired) electrons. The highest BCUT2D eigenvalue weighted by atomic mass is 16.6. The van der Waals surface area contributed by atoms with E-state index in [4.69, 9.17) is 4.74 Å². The van der Waals surface area contributed by atoms with E-state index in [-0.39, 0.29) is 18.0 Å². The second-order valence-electron chi connectivity index (χ2n) is 8.43. The summed E-state index contributed by atoms with van der Waals surface area (Å²) in [5.74, 6) is -0.123. The Balaban J connectivity index is 1.67. The predicted octanol–water partition coefficient (Wildman–Crippen LogP) is 2.71. The molecule has 1 aliphatic heterocycles. The van der Waals surface area contributed by atoms with Gasteiger partial charge in [-0.1, -0.05) is 0 Å². The Kier molecular flexibility index (Phi) is 5.32. The normalized spacial score (nSPS) is 15.7. The molecule has 0 unspecified atom stereocenters. The third kappa shape index (κ3) is 4.26. The zero-order valence-electron chi connectivity index (χ0n) is 17.5. The van der Waals surface area contributed by atoms with Crippen molar-refractivity contribution >= 4 is 23.0 Å². The van der Waals surface area contributed by atoms with E-state index < -0.39 is 5.60 Å². The molecule has 1 N–H and O–H groups in total. The number of ether oxygens (including phenoxy) is 1. The molecule has 0 aromatic carbocycles. The first-order valence-corrected chi connectivity index (χ1v) is 9.65. The summed E-state index contributed by atoms with van der Waals surface area (Å²) in [7, 11) is 1.83. The van der Waals surface area contributed by atoms with Crippen molar-refractivity contribution in [3.05, 3.63) is 23.0 Å². The van der Waals surface area contributed by atoms with Gasteiger partial charge in [0.25, 0.3) is 5.91 Å². The van der Waals surface area contributed by atoms with E-state index in [9.17, 15) is 9.59 Å². The maximum absolute atomic E-state index is 13.0. The average Bonchev–Trinajstić information content (AvgIpc) is 2.87. The van der Waals surface area contributed by atoms with Crippen molar-refractivity contribution in [2.24, 2.45) is 7.05 Å². The van der Waals surface area contributed by atoms with E-state index >= 15 is 0 Å². The second kappa shape index (κ2) is 7.41. The van der Waals surface area contributed by atoms with E-state index in [1.165, 1.54) is 0 Å². The number of likely N-dealkylation sites (tertiary alicyclic amines) is 1. The van der Waals surface area contributed by atoms with Crippen molar-refractivity contribution in [3.8, 4) is 0 Å².